The average Bonchev–Trinajstić information content (AvgIpc) is 2.45. The van der Waals surface area contributed by atoms with Gasteiger partial charge in [0.1, 0.15) is 16.9 Å². The van der Waals surface area contributed by atoms with Crippen molar-refractivity contribution in [2.24, 2.45) is 0 Å². The smallest absolute Gasteiger partial charge is 0.200 e. The number of rotatable bonds is 2. The summed E-state index contributed by atoms with van der Waals surface area (Å²) in [6, 6.07) is 8.35. The van der Waals surface area contributed by atoms with Crippen LogP contribution in [-0.2, 0) is 5.88 Å². The number of hydrogen-bond acceptors (Lipinski definition) is 3. The van der Waals surface area contributed by atoms with E-state index in [2.05, 4.69) is 0 Å². The van der Waals surface area contributed by atoms with Crippen LogP contribution in [0.2, 0.25) is 5.02 Å². The van der Waals surface area contributed by atoms with E-state index in [1.54, 1.807) is 37.4 Å². The van der Waals surface area contributed by atoms with Crippen LogP contribution in [0.1, 0.15) is 5.56 Å². The van der Waals surface area contributed by atoms with Gasteiger partial charge < -0.3 is 9.15 Å². The van der Waals surface area contributed by atoms with Crippen molar-refractivity contribution >= 4 is 45.1 Å². The summed E-state index contributed by atoms with van der Waals surface area (Å²) in [5.41, 5.74) is 1.44. The Balaban J connectivity index is 2.53. The quantitative estimate of drug-likeness (QED) is 0.522. The van der Waals surface area contributed by atoms with Crippen LogP contribution in [0.15, 0.2) is 39.5 Å². The molecule has 0 amide bonds. The molecule has 0 N–H and O–H groups in total. The number of benzene rings is 2. The first-order valence-corrected chi connectivity index (χ1v) is 6.85. The summed E-state index contributed by atoms with van der Waals surface area (Å²) in [6.07, 6.45) is 0. The van der Waals surface area contributed by atoms with Gasteiger partial charge in [0.15, 0.2) is 0 Å². The van der Waals surface area contributed by atoms with Crippen molar-refractivity contribution in [1.82, 2.24) is 0 Å². The van der Waals surface area contributed by atoms with Gasteiger partial charge in [0.25, 0.3) is 0 Å². The highest BCUT2D eigenvalue weighted by Gasteiger charge is 2.14. The van der Waals surface area contributed by atoms with E-state index < -0.39 is 0 Å². The maximum absolute atomic E-state index is 12.5. The predicted octanol–water partition coefficient (Wildman–Crippen LogP) is 4.35. The molecule has 102 valence electrons. The molecule has 3 aromatic rings. The Hall–Kier alpha value is -1.71. The standard InChI is InChI=1S/C15H10Cl2O3/c1-19-12-5-4-10-14(18)9-3-2-8(17)6-13(9)20-15(10)11(12)7-16/h2-6H,7H2,1H3. The second-order valence-corrected chi connectivity index (χ2v) is 5.03. The number of alkyl halides is 1. The molecule has 0 fully saturated rings. The zero-order chi connectivity index (χ0) is 14.3. The fraction of sp³-hybridized carbons (Fsp3) is 0.133. The molecule has 5 heteroatoms. The summed E-state index contributed by atoms with van der Waals surface area (Å²) < 4.78 is 11.1. The number of fused-ring (bicyclic) bond motifs is 2. The minimum atomic E-state index is -0.105. The molecule has 0 saturated carbocycles. The summed E-state index contributed by atoms with van der Waals surface area (Å²) in [5, 5.41) is 1.49. The Morgan fingerprint density at radius 2 is 1.95 bits per heavy atom. The van der Waals surface area contributed by atoms with E-state index in [-0.39, 0.29) is 11.3 Å². The van der Waals surface area contributed by atoms with Crippen LogP contribution in [0.5, 0.6) is 5.75 Å². The first-order chi connectivity index (χ1) is 9.65. The van der Waals surface area contributed by atoms with E-state index in [0.29, 0.717) is 38.3 Å². The van der Waals surface area contributed by atoms with Crippen LogP contribution in [-0.4, -0.2) is 7.11 Å². The second-order valence-electron chi connectivity index (χ2n) is 4.33. The number of ether oxygens (including phenoxy) is 1. The molecule has 20 heavy (non-hydrogen) atoms. The third-order valence-corrected chi connectivity index (χ3v) is 3.72. The van der Waals surface area contributed by atoms with E-state index in [1.807, 2.05) is 0 Å². The van der Waals surface area contributed by atoms with Gasteiger partial charge in [0.2, 0.25) is 5.43 Å². The van der Waals surface area contributed by atoms with Crippen LogP contribution in [0.4, 0.5) is 0 Å². The lowest BCUT2D eigenvalue weighted by molar-refractivity contribution is 0.411. The SMILES string of the molecule is COc1ccc2c(=O)c3ccc(Cl)cc3oc2c1CCl. The Bertz CT molecular complexity index is 868. The highest BCUT2D eigenvalue weighted by molar-refractivity contribution is 6.31. The summed E-state index contributed by atoms with van der Waals surface area (Å²) >= 11 is 11.9. The first kappa shape index (κ1) is 13.3. The van der Waals surface area contributed by atoms with E-state index >= 15 is 0 Å². The largest absolute Gasteiger partial charge is 0.496 e. The molecule has 0 bridgehead atoms. The first-order valence-electron chi connectivity index (χ1n) is 5.93. The number of methoxy groups -OCH3 is 1. The van der Waals surface area contributed by atoms with Gasteiger partial charge >= 0.3 is 0 Å². The molecular weight excluding hydrogens is 299 g/mol. The molecule has 1 heterocycles. The Morgan fingerprint density at radius 3 is 2.65 bits per heavy atom. The molecule has 0 unspecified atom stereocenters. The lowest BCUT2D eigenvalue weighted by Crippen LogP contribution is -2.04. The molecule has 0 atom stereocenters. The summed E-state index contributed by atoms with van der Waals surface area (Å²) in [6.45, 7) is 0. The predicted molar refractivity (Wildman–Crippen MR) is 81.1 cm³/mol. The van der Waals surface area contributed by atoms with Crippen LogP contribution >= 0.6 is 23.2 Å². The Morgan fingerprint density at radius 1 is 1.20 bits per heavy atom. The van der Waals surface area contributed by atoms with Gasteiger partial charge in [-0.1, -0.05) is 11.6 Å². The summed E-state index contributed by atoms with van der Waals surface area (Å²) in [4.78, 5) is 12.5. The molecule has 0 spiro atoms. The minimum absolute atomic E-state index is 0.105. The number of halogens is 2. The van der Waals surface area contributed by atoms with Crippen LogP contribution < -0.4 is 10.2 Å². The number of hydrogen-bond donors (Lipinski definition) is 0. The van der Waals surface area contributed by atoms with E-state index in [9.17, 15) is 4.79 Å². The molecule has 1 aromatic heterocycles. The molecule has 0 saturated heterocycles. The normalized spacial score (nSPS) is 11.2. The highest BCUT2D eigenvalue weighted by Crippen LogP contribution is 2.30. The van der Waals surface area contributed by atoms with E-state index in [0.717, 1.165) is 0 Å². The Labute approximate surface area is 124 Å². The lowest BCUT2D eigenvalue weighted by atomic mass is 10.1. The monoisotopic (exact) mass is 308 g/mol. The van der Waals surface area contributed by atoms with Crippen molar-refractivity contribution in [3.63, 3.8) is 0 Å². The topological polar surface area (TPSA) is 39.4 Å². The van der Waals surface area contributed by atoms with Crippen molar-refractivity contribution < 1.29 is 9.15 Å². The second kappa shape index (κ2) is 5.00. The maximum Gasteiger partial charge on any atom is 0.200 e. The molecule has 3 nitrogen and oxygen atoms in total. The van der Waals surface area contributed by atoms with E-state index in [1.165, 1.54) is 0 Å². The maximum atomic E-state index is 12.5. The van der Waals surface area contributed by atoms with Gasteiger partial charge in [-0.3, -0.25) is 4.79 Å². The zero-order valence-corrected chi connectivity index (χ0v) is 12.1. The van der Waals surface area contributed by atoms with Gasteiger partial charge in [-0.15, -0.1) is 11.6 Å². The summed E-state index contributed by atoms with van der Waals surface area (Å²) in [5.74, 6) is 0.784. The van der Waals surface area contributed by atoms with Crippen molar-refractivity contribution in [2.45, 2.75) is 5.88 Å². The molecule has 3 rings (SSSR count). The van der Waals surface area contributed by atoms with Gasteiger partial charge in [0, 0.05) is 11.1 Å². The average molecular weight is 309 g/mol. The highest BCUT2D eigenvalue weighted by atomic mass is 35.5. The Kier molecular flexibility index (Phi) is 3.32. The van der Waals surface area contributed by atoms with Crippen LogP contribution in [0.25, 0.3) is 21.9 Å². The van der Waals surface area contributed by atoms with Gasteiger partial charge in [0.05, 0.1) is 29.3 Å². The molecule has 0 aliphatic heterocycles. The van der Waals surface area contributed by atoms with Crippen molar-refractivity contribution in [3.8, 4) is 5.75 Å². The fourth-order valence-corrected chi connectivity index (χ4v) is 2.66. The third-order valence-electron chi connectivity index (χ3n) is 3.22. The third kappa shape index (κ3) is 1.94. The minimum Gasteiger partial charge on any atom is -0.496 e. The molecule has 0 radical (unpaired) electrons. The zero-order valence-electron chi connectivity index (χ0n) is 10.6. The van der Waals surface area contributed by atoms with Crippen LogP contribution in [0, 0.1) is 0 Å². The van der Waals surface area contributed by atoms with Crippen LogP contribution in [0.3, 0.4) is 0 Å². The van der Waals surface area contributed by atoms with Crippen molar-refractivity contribution in [2.75, 3.05) is 7.11 Å². The summed E-state index contributed by atoms with van der Waals surface area (Å²) in [7, 11) is 1.55. The molecular formula is C15H10Cl2O3. The fourth-order valence-electron chi connectivity index (χ4n) is 2.25. The van der Waals surface area contributed by atoms with Gasteiger partial charge in [-0.05, 0) is 24.3 Å². The van der Waals surface area contributed by atoms with Crippen molar-refractivity contribution in [3.05, 3.63) is 51.1 Å². The van der Waals surface area contributed by atoms with E-state index in [4.69, 9.17) is 32.4 Å². The molecule has 0 aliphatic carbocycles. The molecule has 0 aliphatic rings. The van der Waals surface area contributed by atoms with Crippen molar-refractivity contribution in [1.29, 1.82) is 0 Å². The van der Waals surface area contributed by atoms with Gasteiger partial charge in [-0.2, -0.15) is 0 Å². The molecule has 2 aromatic carbocycles. The van der Waals surface area contributed by atoms with Gasteiger partial charge in [-0.25, -0.2) is 0 Å². The lowest BCUT2D eigenvalue weighted by Gasteiger charge is -2.09.